The topological polar surface area (TPSA) is 63.4 Å². The highest BCUT2D eigenvalue weighted by atomic mass is 32.2. The highest BCUT2D eigenvalue weighted by Crippen LogP contribution is 2.33. The van der Waals surface area contributed by atoms with Crippen molar-refractivity contribution in [2.45, 2.75) is 23.9 Å². The van der Waals surface area contributed by atoms with E-state index < -0.39 is 21.8 Å². The van der Waals surface area contributed by atoms with Crippen LogP contribution in [0.15, 0.2) is 23.1 Å². The summed E-state index contributed by atoms with van der Waals surface area (Å²) in [5.41, 5.74) is 4.14. The number of halogens is 3. The number of nitrogens with two attached hydrogens (primary N) is 1. The Hall–Kier alpha value is -1.28. The smallest absolute Gasteiger partial charge is 0.398 e. The van der Waals surface area contributed by atoms with Gasteiger partial charge in [0, 0.05) is 13.1 Å². The van der Waals surface area contributed by atoms with Crippen LogP contribution >= 0.6 is 0 Å². The maximum absolute atomic E-state index is 12.5. The number of nitrogen functional groups attached to an aromatic ring is 1. The highest BCUT2D eigenvalue weighted by molar-refractivity contribution is 7.89. The summed E-state index contributed by atoms with van der Waals surface area (Å²) < 4.78 is 63.0. The average Bonchev–Trinajstić information content (AvgIpc) is 2.81. The van der Waals surface area contributed by atoms with Gasteiger partial charge in [0.25, 0.3) is 0 Å². The van der Waals surface area contributed by atoms with Gasteiger partial charge in [0.2, 0.25) is 10.0 Å². The van der Waals surface area contributed by atoms with Crippen molar-refractivity contribution in [2.75, 3.05) is 18.8 Å². The Labute approximate surface area is 109 Å². The van der Waals surface area contributed by atoms with Crippen LogP contribution in [-0.4, -0.2) is 25.8 Å². The molecule has 1 aromatic rings. The molecule has 1 aromatic carbocycles. The first kappa shape index (κ1) is 14.1. The summed E-state index contributed by atoms with van der Waals surface area (Å²) in [5.74, 6) is 0. The molecule has 0 bridgehead atoms. The summed E-state index contributed by atoms with van der Waals surface area (Å²) >= 11 is 0. The second-order valence-electron chi connectivity index (χ2n) is 4.36. The second kappa shape index (κ2) is 4.68. The van der Waals surface area contributed by atoms with E-state index in [9.17, 15) is 21.6 Å². The lowest BCUT2D eigenvalue weighted by atomic mass is 10.2. The number of hydrogen-bond donors (Lipinski definition) is 1. The van der Waals surface area contributed by atoms with Crippen molar-refractivity contribution in [1.29, 1.82) is 0 Å². The molecule has 2 rings (SSSR count). The minimum Gasteiger partial charge on any atom is -0.398 e. The predicted octanol–water partition coefficient (Wildman–Crippen LogP) is 2.07. The molecule has 0 atom stereocenters. The molecule has 1 aliphatic heterocycles. The highest BCUT2D eigenvalue weighted by Gasteiger charge is 2.33. The van der Waals surface area contributed by atoms with Crippen molar-refractivity contribution in [3.63, 3.8) is 0 Å². The van der Waals surface area contributed by atoms with Gasteiger partial charge in [-0.1, -0.05) is 0 Å². The normalized spacial score (nSPS) is 17.8. The molecule has 0 amide bonds. The van der Waals surface area contributed by atoms with Crippen LogP contribution < -0.4 is 5.73 Å². The molecule has 0 aromatic heterocycles. The fraction of sp³-hybridized carbons (Fsp3) is 0.455. The third kappa shape index (κ3) is 2.69. The molecule has 4 nitrogen and oxygen atoms in total. The summed E-state index contributed by atoms with van der Waals surface area (Å²) in [6, 6.07) is 2.31. The monoisotopic (exact) mass is 294 g/mol. The van der Waals surface area contributed by atoms with Crippen LogP contribution in [0.25, 0.3) is 0 Å². The Balaban J connectivity index is 2.41. The van der Waals surface area contributed by atoms with Gasteiger partial charge in [-0.2, -0.15) is 17.5 Å². The lowest BCUT2D eigenvalue weighted by Crippen LogP contribution is -2.28. The maximum atomic E-state index is 12.5. The fourth-order valence-corrected chi connectivity index (χ4v) is 3.64. The third-order valence-electron chi connectivity index (χ3n) is 3.02. The standard InChI is InChI=1S/C11H13F3N2O2S/c12-11(13,14)8-3-4-10(9(15)7-8)19(17,18)16-5-1-2-6-16/h3-4,7H,1-2,5-6,15H2. The first-order valence-electron chi connectivity index (χ1n) is 5.70. The molecule has 2 N–H and O–H groups in total. The lowest BCUT2D eigenvalue weighted by molar-refractivity contribution is -0.137. The van der Waals surface area contributed by atoms with Crippen molar-refractivity contribution >= 4 is 15.7 Å². The van der Waals surface area contributed by atoms with Crippen molar-refractivity contribution < 1.29 is 21.6 Å². The molecule has 1 saturated heterocycles. The lowest BCUT2D eigenvalue weighted by Gasteiger charge is -2.17. The van der Waals surface area contributed by atoms with E-state index in [0.717, 1.165) is 25.0 Å². The number of nitrogens with zero attached hydrogens (tertiary/aromatic N) is 1. The zero-order chi connectivity index (χ0) is 14.3. The summed E-state index contributed by atoms with van der Waals surface area (Å²) in [6.45, 7) is 0.756. The van der Waals surface area contributed by atoms with Crippen LogP contribution in [0.5, 0.6) is 0 Å². The van der Waals surface area contributed by atoms with Crippen LogP contribution in [0.2, 0.25) is 0 Å². The van der Waals surface area contributed by atoms with Gasteiger partial charge >= 0.3 is 6.18 Å². The van der Waals surface area contributed by atoms with Gasteiger partial charge in [0.15, 0.2) is 0 Å². The summed E-state index contributed by atoms with van der Waals surface area (Å²) in [4.78, 5) is -0.262. The number of benzene rings is 1. The molecule has 19 heavy (non-hydrogen) atoms. The number of hydrogen-bond acceptors (Lipinski definition) is 3. The molecule has 0 aliphatic carbocycles. The second-order valence-corrected chi connectivity index (χ2v) is 6.27. The maximum Gasteiger partial charge on any atom is 0.416 e. The van der Waals surface area contributed by atoms with Gasteiger partial charge in [-0.3, -0.25) is 0 Å². The summed E-state index contributed by atoms with van der Waals surface area (Å²) in [7, 11) is -3.79. The van der Waals surface area contributed by atoms with Crippen LogP contribution in [0.1, 0.15) is 18.4 Å². The number of alkyl halides is 3. The number of anilines is 1. The Bertz CT molecular complexity index is 578. The Morgan fingerprint density at radius 3 is 2.21 bits per heavy atom. The van der Waals surface area contributed by atoms with Gasteiger partial charge in [-0.25, -0.2) is 8.42 Å². The van der Waals surface area contributed by atoms with Crippen LogP contribution in [-0.2, 0) is 16.2 Å². The molecule has 1 heterocycles. The Kier molecular flexibility index (Phi) is 3.48. The van der Waals surface area contributed by atoms with E-state index in [2.05, 4.69) is 0 Å². The van der Waals surface area contributed by atoms with Crippen LogP contribution in [0.3, 0.4) is 0 Å². The minimum absolute atomic E-state index is 0.262. The summed E-state index contributed by atoms with van der Waals surface area (Å²) in [5, 5.41) is 0. The van der Waals surface area contributed by atoms with E-state index in [1.807, 2.05) is 0 Å². The zero-order valence-electron chi connectivity index (χ0n) is 9.94. The molecule has 1 aliphatic rings. The fourth-order valence-electron chi connectivity index (χ4n) is 2.03. The number of sulfonamides is 1. The molecule has 0 spiro atoms. The predicted molar refractivity (Wildman–Crippen MR) is 63.8 cm³/mol. The van der Waals surface area contributed by atoms with Crippen molar-refractivity contribution in [1.82, 2.24) is 4.31 Å². The van der Waals surface area contributed by atoms with Gasteiger partial charge in [-0.05, 0) is 31.0 Å². The van der Waals surface area contributed by atoms with Crippen molar-refractivity contribution in [3.8, 4) is 0 Å². The Morgan fingerprint density at radius 1 is 1.16 bits per heavy atom. The molecule has 106 valence electrons. The van der Waals surface area contributed by atoms with Crippen molar-refractivity contribution in [3.05, 3.63) is 23.8 Å². The first-order chi connectivity index (χ1) is 8.73. The SMILES string of the molecule is Nc1cc(C(F)(F)F)ccc1S(=O)(=O)N1CCCC1. The van der Waals surface area contributed by atoms with Crippen molar-refractivity contribution in [2.24, 2.45) is 0 Å². The molecular formula is C11H13F3N2O2S. The zero-order valence-corrected chi connectivity index (χ0v) is 10.8. The molecular weight excluding hydrogens is 281 g/mol. The third-order valence-corrected chi connectivity index (χ3v) is 4.99. The Morgan fingerprint density at radius 2 is 1.74 bits per heavy atom. The van der Waals surface area contributed by atoms with Crippen LogP contribution in [0.4, 0.5) is 18.9 Å². The van der Waals surface area contributed by atoms with E-state index in [4.69, 9.17) is 5.73 Å². The molecule has 0 radical (unpaired) electrons. The van der Waals surface area contributed by atoms with E-state index in [1.165, 1.54) is 4.31 Å². The van der Waals surface area contributed by atoms with Gasteiger partial charge in [-0.15, -0.1) is 0 Å². The molecule has 0 unspecified atom stereocenters. The largest absolute Gasteiger partial charge is 0.416 e. The van der Waals surface area contributed by atoms with E-state index in [-0.39, 0.29) is 10.6 Å². The quantitative estimate of drug-likeness (QED) is 0.849. The number of rotatable bonds is 2. The van der Waals surface area contributed by atoms with Gasteiger partial charge < -0.3 is 5.73 Å². The average molecular weight is 294 g/mol. The van der Waals surface area contributed by atoms with Crippen LogP contribution in [0, 0.1) is 0 Å². The summed E-state index contributed by atoms with van der Waals surface area (Å²) in [6.07, 6.45) is -3.04. The molecule has 1 fully saturated rings. The first-order valence-corrected chi connectivity index (χ1v) is 7.14. The minimum atomic E-state index is -4.54. The molecule has 0 saturated carbocycles. The van der Waals surface area contributed by atoms with E-state index in [1.54, 1.807) is 0 Å². The van der Waals surface area contributed by atoms with E-state index in [0.29, 0.717) is 19.2 Å². The van der Waals surface area contributed by atoms with E-state index >= 15 is 0 Å². The van der Waals surface area contributed by atoms with Gasteiger partial charge in [0.05, 0.1) is 11.3 Å². The molecule has 8 heteroatoms. The van der Waals surface area contributed by atoms with Gasteiger partial charge in [0.1, 0.15) is 4.90 Å².